The monoisotopic (exact) mass is 332 g/mol. The minimum absolute atomic E-state index is 0.187. The van der Waals surface area contributed by atoms with Crippen molar-refractivity contribution >= 4 is 11.8 Å². The Hall–Kier alpha value is -2.38. The fourth-order valence-electron chi connectivity index (χ4n) is 2.78. The van der Waals surface area contributed by atoms with Crippen LogP contribution < -0.4 is 5.32 Å². The van der Waals surface area contributed by atoms with Crippen LogP contribution in [-0.4, -0.2) is 37.4 Å². The topological polar surface area (TPSA) is 89.1 Å². The van der Waals surface area contributed by atoms with E-state index in [2.05, 4.69) is 27.5 Å². The first kappa shape index (κ1) is 16.5. The predicted octanol–water partition coefficient (Wildman–Crippen LogP) is 2.91. The van der Waals surface area contributed by atoms with E-state index >= 15 is 0 Å². The highest BCUT2D eigenvalue weighted by Gasteiger charge is 2.31. The Bertz CT molecular complexity index is 718. The molecule has 8 nitrogen and oxygen atoms in total. The number of amides is 2. The molecule has 1 aliphatic rings. The summed E-state index contributed by atoms with van der Waals surface area (Å²) in [5.74, 6) is 2.42. The van der Waals surface area contributed by atoms with Gasteiger partial charge in [0.05, 0.1) is 18.8 Å². The Morgan fingerprint density at radius 2 is 2.25 bits per heavy atom. The average molecular weight is 332 g/mol. The van der Waals surface area contributed by atoms with Crippen molar-refractivity contribution in [3.8, 4) is 0 Å². The van der Waals surface area contributed by atoms with E-state index in [1.54, 1.807) is 18.0 Å². The number of aryl methyl sites for hydroxylation is 2. The number of hydrogen-bond donors (Lipinski definition) is 1. The number of nitrogens with zero attached hydrogens (tertiary/aromatic N) is 5. The van der Waals surface area contributed by atoms with Crippen molar-refractivity contribution in [3.05, 3.63) is 23.5 Å². The fourth-order valence-corrected chi connectivity index (χ4v) is 2.78. The van der Waals surface area contributed by atoms with Crippen LogP contribution in [-0.2, 0) is 6.54 Å². The molecule has 0 radical (unpaired) electrons. The largest absolute Gasteiger partial charge is 0.340 e. The van der Waals surface area contributed by atoms with Gasteiger partial charge in [-0.25, -0.2) is 9.48 Å². The second kappa shape index (κ2) is 6.62. The first-order valence-corrected chi connectivity index (χ1v) is 8.38. The maximum atomic E-state index is 12.7. The van der Waals surface area contributed by atoms with Gasteiger partial charge in [0.2, 0.25) is 5.89 Å². The molecule has 1 atom stereocenters. The Morgan fingerprint density at radius 1 is 1.50 bits per heavy atom. The van der Waals surface area contributed by atoms with Crippen LogP contribution in [0.4, 0.5) is 10.6 Å². The highest BCUT2D eigenvalue weighted by atomic mass is 16.5. The van der Waals surface area contributed by atoms with Gasteiger partial charge < -0.3 is 9.42 Å². The number of urea groups is 1. The van der Waals surface area contributed by atoms with Crippen LogP contribution in [0.2, 0.25) is 0 Å². The van der Waals surface area contributed by atoms with Gasteiger partial charge in [-0.05, 0) is 39.5 Å². The number of anilines is 1. The van der Waals surface area contributed by atoms with Crippen molar-refractivity contribution in [2.75, 3.05) is 11.9 Å². The number of carbonyl (C=O) groups is 1. The Balaban J connectivity index is 1.72. The van der Waals surface area contributed by atoms with E-state index in [1.165, 1.54) is 12.8 Å². The quantitative estimate of drug-likeness (QED) is 0.878. The Labute approximate surface area is 141 Å². The molecule has 24 heavy (non-hydrogen) atoms. The molecular formula is C16H24N6O2. The summed E-state index contributed by atoms with van der Waals surface area (Å²) in [4.78, 5) is 18.5. The number of hydrogen-bond acceptors (Lipinski definition) is 5. The maximum absolute atomic E-state index is 12.7. The molecule has 2 aromatic heterocycles. The second-order valence-electron chi connectivity index (χ2n) is 6.37. The third kappa shape index (κ3) is 3.42. The molecule has 2 aromatic rings. The van der Waals surface area contributed by atoms with Gasteiger partial charge in [0.1, 0.15) is 5.82 Å². The van der Waals surface area contributed by atoms with Crippen LogP contribution in [0.15, 0.2) is 10.7 Å². The second-order valence-corrected chi connectivity index (χ2v) is 6.37. The molecule has 0 unspecified atom stereocenters. The molecule has 130 valence electrons. The highest BCUT2D eigenvalue weighted by Crippen LogP contribution is 2.40. The van der Waals surface area contributed by atoms with Crippen molar-refractivity contribution < 1.29 is 9.32 Å². The van der Waals surface area contributed by atoms with E-state index in [9.17, 15) is 4.79 Å². The number of rotatable bonds is 6. The van der Waals surface area contributed by atoms with E-state index in [1.807, 2.05) is 18.5 Å². The summed E-state index contributed by atoms with van der Waals surface area (Å²) >= 11 is 0. The van der Waals surface area contributed by atoms with E-state index < -0.39 is 0 Å². The number of carbonyl (C=O) groups excluding carboxylic acids is 1. The van der Waals surface area contributed by atoms with Gasteiger partial charge in [-0.15, -0.1) is 0 Å². The Morgan fingerprint density at radius 3 is 2.83 bits per heavy atom. The van der Waals surface area contributed by atoms with E-state index in [-0.39, 0.29) is 6.03 Å². The molecule has 0 aromatic carbocycles. The highest BCUT2D eigenvalue weighted by molar-refractivity contribution is 5.89. The van der Waals surface area contributed by atoms with Gasteiger partial charge in [-0.1, -0.05) is 5.16 Å². The van der Waals surface area contributed by atoms with Crippen LogP contribution in [0.25, 0.3) is 0 Å². The van der Waals surface area contributed by atoms with Gasteiger partial charge in [-0.3, -0.25) is 5.32 Å². The van der Waals surface area contributed by atoms with E-state index in [4.69, 9.17) is 4.52 Å². The zero-order valence-corrected chi connectivity index (χ0v) is 14.6. The first-order valence-electron chi connectivity index (χ1n) is 8.38. The molecule has 2 heterocycles. The van der Waals surface area contributed by atoms with Crippen LogP contribution in [0.1, 0.15) is 50.0 Å². The lowest BCUT2D eigenvalue weighted by molar-refractivity contribution is 0.209. The summed E-state index contributed by atoms with van der Waals surface area (Å²) in [5, 5.41) is 11.3. The summed E-state index contributed by atoms with van der Waals surface area (Å²) in [5.41, 5.74) is 0.960. The van der Waals surface area contributed by atoms with Crippen LogP contribution in [0, 0.1) is 19.8 Å². The zero-order chi connectivity index (χ0) is 17.3. The van der Waals surface area contributed by atoms with Crippen LogP contribution in [0.3, 0.4) is 0 Å². The lowest BCUT2D eigenvalue weighted by Crippen LogP contribution is -2.35. The van der Waals surface area contributed by atoms with Crippen LogP contribution >= 0.6 is 0 Å². The molecule has 1 N–H and O–H groups in total. The standard InChI is InChI=1S/C16H24N6O2/c1-5-21(9-14-18-12(4)24-20-14)16(23)19-15-10(2)8-17-22(15)11(3)13-6-7-13/h8,11,13H,5-7,9H2,1-4H3,(H,19,23)/t11-/m1/s1. The Kier molecular flexibility index (Phi) is 4.55. The predicted molar refractivity (Wildman–Crippen MR) is 88.5 cm³/mol. The van der Waals surface area contributed by atoms with E-state index in [0.717, 1.165) is 11.4 Å². The molecule has 8 heteroatoms. The van der Waals surface area contributed by atoms with Gasteiger partial charge in [0.25, 0.3) is 0 Å². The van der Waals surface area contributed by atoms with Gasteiger partial charge in [0, 0.05) is 19.0 Å². The third-order valence-electron chi connectivity index (χ3n) is 4.46. The van der Waals surface area contributed by atoms with Gasteiger partial charge in [-0.2, -0.15) is 10.1 Å². The van der Waals surface area contributed by atoms with Gasteiger partial charge in [0.15, 0.2) is 5.82 Å². The fraction of sp³-hybridized carbons (Fsp3) is 0.625. The maximum Gasteiger partial charge on any atom is 0.323 e. The molecule has 1 fully saturated rings. The van der Waals surface area contributed by atoms with Crippen molar-refractivity contribution in [1.82, 2.24) is 24.8 Å². The number of nitrogens with one attached hydrogen (secondary N) is 1. The molecule has 1 saturated carbocycles. The summed E-state index contributed by atoms with van der Waals surface area (Å²) in [6, 6.07) is 0.108. The lowest BCUT2D eigenvalue weighted by Gasteiger charge is -2.22. The number of aromatic nitrogens is 4. The van der Waals surface area contributed by atoms with Crippen molar-refractivity contribution in [1.29, 1.82) is 0 Å². The minimum Gasteiger partial charge on any atom is -0.340 e. The van der Waals surface area contributed by atoms with Crippen molar-refractivity contribution in [2.24, 2.45) is 5.92 Å². The molecule has 0 spiro atoms. The minimum atomic E-state index is -0.187. The van der Waals surface area contributed by atoms with Crippen molar-refractivity contribution in [2.45, 2.75) is 53.1 Å². The summed E-state index contributed by atoms with van der Waals surface area (Å²) < 4.78 is 6.89. The van der Waals surface area contributed by atoms with E-state index in [0.29, 0.717) is 36.8 Å². The summed E-state index contributed by atoms with van der Waals surface area (Å²) in [6.45, 7) is 8.62. The third-order valence-corrected chi connectivity index (χ3v) is 4.46. The lowest BCUT2D eigenvalue weighted by atomic mass is 10.2. The molecule has 0 aliphatic heterocycles. The van der Waals surface area contributed by atoms with Crippen molar-refractivity contribution in [3.63, 3.8) is 0 Å². The molecule has 2 amide bonds. The summed E-state index contributed by atoms with van der Waals surface area (Å²) in [7, 11) is 0. The normalized spacial score (nSPS) is 15.3. The van der Waals surface area contributed by atoms with Gasteiger partial charge >= 0.3 is 6.03 Å². The first-order chi connectivity index (χ1) is 11.5. The molecular weight excluding hydrogens is 308 g/mol. The summed E-state index contributed by atoms with van der Waals surface area (Å²) in [6.07, 6.45) is 4.25. The smallest absolute Gasteiger partial charge is 0.323 e. The molecule has 0 bridgehead atoms. The van der Waals surface area contributed by atoms with Crippen LogP contribution in [0.5, 0.6) is 0 Å². The molecule has 1 aliphatic carbocycles. The molecule has 3 rings (SSSR count). The SMILES string of the molecule is CCN(Cc1noc(C)n1)C(=O)Nc1c(C)cnn1[C@H](C)C1CC1. The average Bonchev–Trinajstić information content (AvgIpc) is 3.24. The zero-order valence-electron chi connectivity index (χ0n) is 14.6. The molecule has 0 saturated heterocycles.